The summed E-state index contributed by atoms with van der Waals surface area (Å²) in [6.45, 7) is 1.90. The first-order valence-corrected chi connectivity index (χ1v) is 5.76. The quantitative estimate of drug-likeness (QED) is 0.854. The Labute approximate surface area is 106 Å². The number of aliphatic hydroxyl groups excluding tert-OH is 1. The smallest absolute Gasteiger partial charge is 0.119 e. The second-order valence-corrected chi connectivity index (χ2v) is 4.03. The van der Waals surface area contributed by atoms with Crippen molar-refractivity contribution in [1.29, 1.82) is 0 Å². The zero-order chi connectivity index (χ0) is 13.1. The van der Waals surface area contributed by atoms with Crippen LogP contribution in [0.5, 0.6) is 5.75 Å². The molecule has 96 valence electrons. The van der Waals surface area contributed by atoms with Crippen molar-refractivity contribution in [1.82, 2.24) is 9.78 Å². The third-order valence-electron chi connectivity index (χ3n) is 2.87. The predicted octanol–water partition coefficient (Wildman–Crippen LogP) is 1.31. The molecule has 1 aromatic heterocycles. The van der Waals surface area contributed by atoms with Crippen LogP contribution in [0.4, 0.5) is 5.69 Å². The van der Waals surface area contributed by atoms with E-state index >= 15 is 0 Å². The van der Waals surface area contributed by atoms with E-state index in [1.165, 1.54) is 0 Å². The van der Waals surface area contributed by atoms with E-state index in [1.807, 2.05) is 31.2 Å². The molecule has 0 bridgehead atoms. The number of anilines is 1. The number of ether oxygens (including phenoxy) is 1. The first-order valence-electron chi connectivity index (χ1n) is 5.76. The number of nitrogen functional groups attached to an aromatic ring is 1. The summed E-state index contributed by atoms with van der Waals surface area (Å²) in [4.78, 5) is 0. The Balaban J connectivity index is 2.45. The highest BCUT2D eigenvalue weighted by atomic mass is 16.5. The molecule has 5 heteroatoms. The predicted molar refractivity (Wildman–Crippen MR) is 70.1 cm³/mol. The van der Waals surface area contributed by atoms with Crippen LogP contribution in [0, 0.1) is 6.92 Å². The Hall–Kier alpha value is -2.01. The molecule has 0 aliphatic carbocycles. The van der Waals surface area contributed by atoms with Gasteiger partial charge in [0.2, 0.25) is 0 Å². The van der Waals surface area contributed by atoms with Crippen molar-refractivity contribution in [2.45, 2.75) is 13.3 Å². The summed E-state index contributed by atoms with van der Waals surface area (Å²) in [5.74, 6) is 0.791. The minimum atomic E-state index is 0.0471. The van der Waals surface area contributed by atoms with Gasteiger partial charge in [-0.25, -0.2) is 4.68 Å². The van der Waals surface area contributed by atoms with E-state index in [2.05, 4.69) is 5.10 Å². The first kappa shape index (κ1) is 12.4. The van der Waals surface area contributed by atoms with E-state index in [9.17, 15) is 0 Å². The van der Waals surface area contributed by atoms with Crippen molar-refractivity contribution in [3.8, 4) is 11.4 Å². The number of hydrogen-bond acceptors (Lipinski definition) is 4. The summed E-state index contributed by atoms with van der Waals surface area (Å²) in [6.07, 6.45) is 0.485. The van der Waals surface area contributed by atoms with Crippen LogP contribution in [0.25, 0.3) is 5.69 Å². The average Bonchev–Trinajstić information content (AvgIpc) is 2.68. The summed E-state index contributed by atoms with van der Waals surface area (Å²) in [5, 5.41) is 13.5. The van der Waals surface area contributed by atoms with Crippen LogP contribution < -0.4 is 10.5 Å². The fourth-order valence-electron chi connectivity index (χ4n) is 1.87. The summed E-state index contributed by atoms with van der Waals surface area (Å²) in [6, 6.07) is 7.55. The van der Waals surface area contributed by atoms with Gasteiger partial charge in [0.25, 0.3) is 0 Å². The second-order valence-electron chi connectivity index (χ2n) is 4.03. The number of rotatable bonds is 4. The lowest BCUT2D eigenvalue weighted by atomic mass is 10.2. The van der Waals surface area contributed by atoms with Crippen LogP contribution in [-0.4, -0.2) is 28.6 Å². The molecule has 0 fully saturated rings. The molecule has 3 N–H and O–H groups in total. The van der Waals surface area contributed by atoms with E-state index in [1.54, 1.807) is 11.8 Å². The molecule has 0 atom stereocenters. The minimum Gasteiger partial charge on any atom is -0.497 e. The molecule has 1 aromatic carbocycles. The van der Waals surface area contributed by atoms with Gasteiger partial charge in [-0.3, -0.25) is 0 Å². The van der Waals surface area contributed by atoms with Crippen LogP contribution in [0.3, 0.4) is 0 Å². The highest BCUT2D eigenvalue weighted by Crippen LogP contribution is 2.22. The Morgan fingerprint density at radius 1 is 1.33 bits per heavy atom. The van der Waals surface area contributed by atoms with Gasteiger partial charge in [0.1, 0.15) is 5.75 Å². The highest BCUT2D eigenvalue weighted by molar-refractivity contribution is 5.52. The molecule has 0 radical (unpaired) electrons. The Morgan fingerprint density at radius 3 is 2.56 bits per heavy atom. The van der Waals surface area contributed by atoms with Crippen LogP contribution in [0.2, 0.25) is 0 Å². The third kappa shape index (κ3) is 2.17. The summed E-state index contributed by atoms with van der Waals surface area (Å²) in [5.41, 5.74) is 9.11. The fourth-order valence-corrected chi connectivity index (χ4v) is 1.87. The van der Waals surface area contributed by atoms with Crippen LogP contribution >= 0.6 is 0 Å². The van der Waals surface area contributed by atoms with Gasteiger partial charge in [0, 0.05) is 13.0 Å². The third-order valence-corrected chi connectivity index (χ3v) is 2.87. The lowest BCUT2D eigenvalue weighted by Crippen LogP contribution is -2.05. The van der Waals surface area contributed by atoms with E-state index < -0.39 is 0 Å². The minimum absolute atomic E-state index is 0.0471. The van der Waals surface area contributed by atoms with E-state index in [4.69, 9.17) is 15.6 Å². The molecule has 0 saturated heterocycles. The van der Waals surface area contributed by atoms with Crippen molar-refractivity contribution in [3.63, 3.8) is 0 Å². The molecular formula is C13H17N3O2. The Kier molecular flexibility index (Phi) is 3.53. The number of aryl methyl sites for hydroxylation is 1. The zero-order valence-electron chi connectivity index (χ0n) is 10.6. The lowest BCUT2D eigenvalue weighted by Gasteiger charge is -2.08. The normalized spacial score (nSPS) is 10.6. The van der Waals surface area contributed by atoms with E-state index in [-0.39, 0.29) is 6.61 Å². The molecule has 1 heterocycles. The standard InChI is InChI=1S/C13H17N3O2/c1-9-13(14)12(7-8-17)16(15-9)10-3-5-11(18-2)6-4-10/h3-6,17H,7-8,14H2,1-2H3. The highest BCUT2D eigenvalue weighted by Gasteiger charge is 2.13. The second kappa shape index (κ2) is 5.10. The van der Waals surface area contributed by atoms with Gasteiger partial charge in [0.05, 0.1) is 29.9 Å². The first-order chi connectivity index (χ1) is 8.67. The summed E-state index contributed by atoms with van der Waals surface area (Å²) in [7, 11) is 1.63. The van der Waals surface area contributed by atoms with Crippen molar-refractivity contribution >= 4 is 5.69 Å². The molecule has 2 aromatic rings. The number of aliphatic hydroxyl groups is 1. The van der Waals surface area contributed by atoms with Gasteiger partial charge in [0.15, 0.2) is 0 Å². The van der Waals surface area contributed by atoms with Crippen LogP contribution in [0.15, 0.2) is 24.3 Å². The molecule has 0 unspecified atom stereocenters. The van der Waals surface area contributed by atoms with E-state index in [0.717, 1.165) is 22.8 Å². The van der Waals surface area contributed by atoms with Crippen molar-refractivity contribution in [2.24, 2.45) is 0 Å². The molecule has 0 spiro atoms. The number of methoxy groups -OCH3 is 1. The number of benzene rings is 1. The van der Waals surface area contributed by atoms with Gasteiger partial charge in [-0.1, -0.05) is 0 Å². The maximum Gasteiger partial charge on any atom is 0.119 e. The molecule has 18 heavy (non-hydrogen) atoms. The van der Waals surface area contributed by atoms with Gasteiger partial charge in [-0.05, 0) is 31.2 Å². The largest absolute Gasteiger partial charge is 0.497 e. The number of hydrogen-bond donors (Lipinski definition) is 2. The fraction of sp³-hybridized carbons (Fsp3) is 0.308. The monoisotopic (exact) mass is 247 g/mol. The van der Waals surface area contributed by atoms with Crippen LogP contribution in [0.1, 0.15) is 11.4 Å². The zero-order valence-corrected chi connectivity index (χ0v) is 10.6. The Bertz CT molecular complexity index is 532. The molecule has 0 amide bonds. The summed E-state index contributed by atoms with van der Waals surface area (Å²) >= 11 is 0. The molecule has 5 nitrogen and oxygen atoms in total. The van der Waals surface area contributed by atoms with Gasteiger partial charge in [-0.2, -0.15) is 5.10 Å². The Morgan fingerprint density at radius 2 is 2.00 bits per heavy atom. The molecule has 0 aliphatic heterocycles. The van der Waals surface area contributed by atoms with Gasteiger partial charge in [-0.15, -0.1) is 0 Å². The van der Waals surface area contributed by atoms with Crippen molar-refractivity contribution in [2.75, 3.05) is 19.5 Å². The maximum atomic E-state index is 9.09. The lowest BCUT2D eigenvalue weighted by molar-refractivity contribution is 0.297. The van der Waals surface area contributed by atoms with Crippen molar-refractivity contribution in [3.05, 3.63) is 35.7 Å². The average molecular weight is 247 g/mol. The molecule has 0 saturated carbocycles. The number of nitrogens with zero attached hydrogens (tertiary/aromatic N) is 2. The van der Waals surface area contributed by atoms with Gasteiger partial charge < -0.3 is 15.6 Å². The molecule has 0 aliphatic rings. The van der Waals surface area contributed by atoms with E-state index in [0.29, 0.717) is 12.1 Å². The molecular weight excluding hydrogens is 230 g/mol. The van der Waals surface area contributed by atoms with Gasteiger partial charge >= 0.3 is 0 Å². The number of aromatic nitrogens is 2. The summed E-state index contributed by atoms with van der Waals surface area (Å²) < 4.78 is 6.88. The molecule has 2 rings (SSSR count). The number of nitrogens with two attached hydrogens (primary N) is 1. The maximum absolute atomic E-state index is 9.09. The topological polar surface area (TPSA) is 73.3 Å². The SMILES string of the molecule is COc1ccc(-n2nc(C)c(N)c2CCO)cc1. The van der Waals surface area contributed by atoms with Crippen molar-refractivity contribution < 1.29 is 9.84 Å². The van der Waals surface area contributed by atoms with Crippen LogP contribution in [-0.2, 0) is 6.42 Å².